The zero-order valence-corrected chi connectivity index (χ0v) is 18.4. The SMILES string of the molecule is CC(=N)/C=C1\[NH2+]CCCN1C(=O)CCC(=O)NC1=CC=C(c2cncc(Cl)c2)N(C)N1. The topological polar surface area (TPSA) is 118 Å². The first kappa shape index (κ1) is 22.5. The Bertz CT molecular complexity index is 970. The third-order valence-corrected chi connectivity index (χ3v) is 5.02. The van der Waals surface area contributed by atoms with E-state index in [0.29, 0.717) is 23.1 Å². The second-order valence-electron chi connectivity index (χ2n) is 7.39. The van der Waals surface area contributed by atoms with Crippen molar-refractivity contribution in [3.8, 4) is 0 Å². The summed E-state index contributed by atoms with van der Waals surface area (Å²) in [7, 11) is 1.82. The standard InChI is InChI=1S/C21H26ClN7O2/c1-14(23)10-19-25-8-3-9-29(19)21(31)7-6-20(30)26-18-5-4-17(28(2)27-18)15-11-16(22)13-24-12-15/h4-5,10-13,23,25,27H,3,6-9H2,1-2H3,(H,26,30)/p+1/b19-10+,23-14?. The molecule has 0 saturated carbocycles. The first-order valence-corrected chi connectivity index (χ1v) is 10.4. The molecule has 10 heteroatoms. The summed E-state index contributed by atoms with van der Waals surface area (Å²) in [6.45, 7) is 3.17. The van der Waals surface area contributed by atoms with Crippen molar-refractivity contribution in [3.05, 3.63) is 58.9 Å². The summed E-state index contributed by atoms with van der Waals surface area (Å²) in [5.74, 6) is 0.897. The van der Waals surface area contributed by atoms with E-state index in [1.165, 1.54) is 0 Å². The van der Waals surface area contributed by atoms with Crippen molar-refractivity contribution in [3.63, 3.8) is 0 Å². The number of nitrogens with two attached hydrogens (primary N) is 1. The van der Waals surface area contributed by atoms with Gasteiger partial charge in [-0.1, -0.05) is 11.6 Å². The second kappa shape index (κ2) is 10.2. The van der Waals surface area contributed by atoms with E-state index in [1.54, 1.807) is 41.4 Å². The van der Waals surface area contributed by atoms with Crippen LogP contribution in [0.1, 0.15) is 31.7 Å². The average Bonchev–Trinajstić information content (AvgIpc) is 2.72. The highest BCUT2D eigenvalue weighted by molar-refractivity contribution is 6.30. The number of hydrogen-bond acceptors (Lipinski definition) is 6. The van der Waals surface area contributed by atoms with Gasteiger partial charge in [0.05, 0.1) is 17.3 Å². The lowest BCUT2D eigenvalue weighted by Gasteiger charge is -2.29. The molecule has 0 unspecified atom stereocenters. The molecule has 0 radical (unpaired) electrons. The molecule has 1 aromatic rings. The Hall–Kier alpha value is -3.17. The first-order chi connectivity index (χ1) is 14.8. The van der Waals surface area contributed by atoms with Gasteiger partial charge in [-0.25, -0.2) is 0 Å². The number of amides is 2. The van der Waals surface area contributed by atoms with Crippen LogP contribution in [-0.2, 0) is 9.59 Å². The van der Waals surface area contributed by atoms with Crippen LogP contribution in [0.3, 0.4) is 0 Å². The van der Waals surface area contributed by atoms with Gasteiger partial charge in [0, 0.05) is 62.6 Å². The van der Waals surface area contributed by atoms with Gasteiger partial charge in [0.1, 0.15) is 5.82 Å². The number of pyridine rings is 1. The molecule has 0 aromatic carbocycles. The molecule has 3 rings (SSSR count). The number of hydrazine groups is 1. The van der Waals surface area contributed by atoms with E-state index in [9.17, 15) is 9.59 Å². The largest absolute Gasteiger partial charge is 0.311 e. The molecular formula is C21H27ClN7O2+. The summed E-state index contributed by atoms with van der Waals surface area (Å²) in [6.07, 6.45) is 9.62. The molecule has 2 aliphatic heterocycles. The quantitative estimate of drug-likeness (QED) is 0.487. The van der Waals surface area contributed by atoms with Crippen LogP contribution in [0.2, 0.25) is 5.02 Å². The third-order valence-electron chi connectivity index (χ3n) is 4.81. The summed E-state index contributed by atoms with van der Waals surface area (Å²) in [5, 5.41) is 14.7. The maximum absolute atomic E-state index is 12.6. The number of carbonyl (C=O) groups is 2. The Balaban J connectivity index is 1.56. The number of aromatic nitrogens is 1. The van der Waals surface area contributed by atoms with Crippen LogP contribution in [-0.4, -0.2) is 52.6 Å². The number of nitrogens with one attached hydrogen (secondary N) is 3. The van der Waals surface area contributed by atoms with E-state index < -0.39 is 0 Å². The summed E-state index contributed by atoms with van der Waals surface area (Å²) < 4.78 is 0. The number of hydrogen-bond donors (Lipinski definition) is 4. The maximum atomic E-state index is 12.6. The van der Waals surface area contributed by atoms with E-state index in [-0.39, 0.29) is 24.7 Å². The molecule has 3 heterocycles. The average molecular weight is 445 g/mol. The van der Waals surface area contributed by atoms with Gasteiger partial charge in [-0.3, -0.25) is 35.2 Å². The number of rotatable bonds is 6. The predicted octanol–water partition coefficient (Wildman–Crippen LogP) is 0.940. The van der Waals surface area contributed by atoms with E-state index in [4.69, 9.17) is 17.0 Å². The van der Waals surface area contributed by atoms with Gasteiger partial charge < -0.3 is 10.7 Å². The number of nitrogens with zero attached hydrogens (tertiary/aromatic N) is 3. The Morgan fingerprint density at radius 1 is 1.35 bits per heavy atom. The highest BCUT2D eigenvalue weighted by Crippen LogP contribution is 2.21. The van der Waals surface area contributed by atoms with E-state index in [0.717, 1.165) is 30.0 Å². The molecule has 9 nitrogen and oxygen atoms in total. The molecule has 0 aliphatic carbocycles. The van der Waals surface area contributed by atoms with Gasteiger partial charge in [-0.15, -0.1) is 0 Å². The zero-order valence-electron chi connectivity index (χ0n) is 17.6. The first-order valence-electron chi connectivity index (χ1n) is 10.1. The Kier molecular flexibility index (Phi) is 7.43. The maximum Gasteiger partial charge on any atom is 0.231 e. The Labute approximate surface area is 186 Å². The molecular weight excluding hydrogens is 418 g/mol. The molecule has 0 atom stereocenters. The van der Waals surface area contributed by atoms with Crippen LogP contribution in [0.4, 0.5) is 0 Å². The lowest BCUT2D eigenvalue weighted by molar-refractivity contribution is -0.627. The van der Waals surface area contributed by atoms with Crippen molar-refractivity contribution >= 4 is 34.8 Å². The van der Waals surface area contributed by atoms with Gasteiger partial charge in [-0.2, -0.15) is 0 Å². The zero-order chi connectivity index (χ0) is 22.4. The van der Waals surface area contributed by atoms with Crippen molar-refractivity contribution in [1.29, 1.82) is 5.41 Å². The molecule has 164 valence electrons. The molecule has 1 saturated heterocycles. The van der Waals surface area contributed by atoms with Crippen molar-refractivity contribution in [2.75, 3.05) is 20.1 Å². The molecule has 31 heavy (non-hydrogen) atoms. The number of halogens is 1. The molecule has 2 amide bonds. The fraction of sp³-hybridized carbons (Fsp3) is 0.333. The van der Waals surface area contributed by atoms with Crippen LogP contribution >= 0.6 is 11.6 Å². The van der Waals surface area contributed by atoms with Crippen molar-refractivity contribution < 1.29 is 14.9 Å². The molecule has 2 aliphatic rings. The van der Waals surface area contributed by atoms with Gasteiger partial charge in [0.25, 0.3) is 0 Å². The van der Waals surface area contributed by atoms with Crippen LogP contribution in [0.25, 0.3) is 5.70 Å². The lowest BCUT2D eigenvalue weighted by atomic mass is 10.2. The van der Waals surface area contributed by atoms with E-state index >= 15 is 0 Å². The van der Waals surface area contributed by atoms with E-state index in [1.807, 2.05) is 24.5 Å². The number of quaternary nitrogens is 1. The minimum atomic E-state index is -0.253. The van der Waals surface area contributed by atoms with Gasteiger partial charge >= 0.3 is 0 Å². The molecule has 0 bridgehead atoms. The van der Waals surface area contributed by atoms with Crippen LogP contribution in [0.5, 0.6) is 0 Å². The molecule has 5 N–H and O–H groups in total. The number of carbonyl (C=O) groups excluding carboxylic acids is 2. The lowest BCUT2D eigenvalue weighted by Crippen LogP contribution is -2.87. The fourth-order valence-corrected chi connectivity index (χ4v) is 3.57. The van der Waals surface area contributed by atoms with Crippen LogP contribution in [0.15, 0.2) is 48.3 Å². The Morgan fingerprint density at radius 2 is 2.16 bits per heavy atom. The minimum Gasteiger partial charge on any atom is -0.311 e. The highest BCUT2D eigenvalue weighted by Gasteiger charge is 2.25. The van der Waals surface area contributed by atoms with Gasteiger partial charge in [-0.05, 0) is 25.1 Å². The van der Waals surface area contributed by atoms with Crippen molar-refractivity contribution in [2.24, 2.45) is 0 Å². The van der Waals surface area contributed by atoms with Gasteiger partial charge in [0.15, 0.2) is 0 Å². The summed E-state index contributed by atoms with van der Waals surface area (Å²) >= 11 is 6.01. The van der Waals surface area contributed by atoms with Crippen LogP contribution < -0.4 is 16.1 Å². The normalized spacial score (nSPS) is 17.6. The molecule has 0 spiro atoms. The monoisotopic (exact) mass is 444 g/mol. The third kappa shape index (κ3) is 6.16. The Morgan fingerprint density at radius 3 is 2.87 bits per heavy atom. The van der Waals surface area contributed by atoms with Crippen LogP contribution in [0, 0.1) is 5.41 Å². The highest BCUT2D eigenvalue weighted by atomic mass is 35.5. The van der Waals surface area contributed by atoms with E-state index in [2.05, 4.69) is 15.7 Å². The second-order valence-corrected chi connectivity index (χ2v) is 7.82. The number of allylic oxidation sites excluding steroid dienone is 3. The fourth-order valence-electron chi connectivity index (χ4n) is 3.40. The summed E-state index contributed by atoms with van der Waals surface area (Å²) in [6, 6.07) is 1.81. The van der Waals surface area contributed by atoms with Gasteiger partial charge in [0.2, 0.25) is 17.6 Å². The molecule has 1 aromatic heterocycles. The van der Waals surface area contributed by atoms with Crippen molar-refractivity contribution in [1.82, 2.24) is 25.6 Å². The smallest absolute Gasteiger partial charge is 0.231 e. The summed E-state index contributed by atoms with van der Waals surface area (Å²) in [5.41, 5.74) is 5.17. The minimum absolute atomic E-state index is 0.0731. The predicted molar refractivity (Wildman–Crippen MR) is 118 cm³/mol. The van der Waals surface area contributed by atoms with Crippen molar-refractivity contribution in [2.45, 2.75) is 26.2 Å². The summed E-state index contributed by atoms with van der Waals surface area (Å²) in [4.78, 5) is 30.7. The molecule has 1 fully saturated rings.